The molecule has 0 saturated carbocycles. The van der Waals surface area contributed by atoms with Gasteiger partial charge in [-0.15, -0.1) is 10.2 Å². The summed E-state index contributed by atoms with van der Waals surface area (Å²) in [5.74, 6) is 2.65. The smallest absolute Gasteiger partial charge is 0.167 e. The predicted molar refractivity (Wildman–Crippen MR) is 79.1 cm³/mol. The zero-order valence-corrected chi connectivity index (χ0v) is 12.7. The molecular weight excluding hydrogens is 274 g/mol. The van der Waals surface area contributed by atoms with E-state index < -0.39 is 0 Å². The fraction of sp³-hybridized carbons (Fsp3) is 0.467. The Morgan fingerprint density at radius 2 is 2.10 bits per heavy atom. The molecule has 5 heteroatoms. The molecule has 0 radical (unpaired) electrons. The van der Waals surface area contributed by atoms with Crippen molar-refractivity contribution in [3.05, 3.63) is 29.0 Å². The summed E-state index contributed by atoms with van der Waals surface area (Å²) in [7, 11) is 1.65. The van der Waals surface area contributed by atoms with Gasteiger partial charge in [0.1, 0.15) is 11.6 Å². The van der Waals surface area contributed by atoms with Crippen molar-refractivity contribution in [1.29, 1.82) is 0 Å². The molecule has 0 amide bonds. The second-order valence-corrected chi connectivity index (χ2v) is 6.47. The molecule has 0 spiro atoms. The Balaban J connectivity index is 2.11. The molecule has 0 N–H and O–H groups in total. The van der Waals surface area contributed by atoms with E-state index >= 15 is 0 Å². The normalized spacial score (nSPS) is 16.8. The van der Waals surface area contributed by atoms with Crippen LogP contribution in [0.15, 0.2) is 18.2 Å². The molecular formula is C15H18ClN3O. The molecule has 0 atom stereocenters. The number of hydrogen-bond acceptors (Lipinski definition) is 3. The molecule has 4 nitrogen and oxygen atoms in total. The van der Waals surface area contributed by atoms with E-state index in [9.17, 15) is 0 Å². The van der Waals surface area contributed by atoms with Crippen LogP contribution in [0.4, 0.5) is 0 Å². The largest absolute Gasteiger partial charge is 0.496 e. The summed E-state index contributed by atoms with van der Waals surface area (Å²) in [5, 5.41) is 9.34. The lowest BCUT2D eigenvalue weighted by atomic mass is 9.85. The highest BCUT2D eigenvalue weighted by atomic mass is 35.5. The second-order valence-electron chi connectivity index (χ2n) is 6.03. The van der Waals surface area contributed by atoms with Crippen LogP contribution in [0.25, 0.3) is 11.4 Å². The molecule has 2 heterocycles. The van der Waals surface area contributed by atoms with E-state index in [4.69, 9.17) is 16.3 Å². The number of ether oxygens (including phenoxy) is 1. The zero-order chi connectivity index (χ0) is 14.3. The van der Waals surface area contributed by atoms with Crippen LogP contribution in [0.2, 0.25) is 5.02 Å². The monoisotopic (exact) mass is 291 g/mol. The number of benzene rings is 1. The lowest BCUT2D eigenvalue weighted by Crippen LogP contribution is -2.27. The molecule has 0 unspecified atom stereocenters. The summed E-state index contributed by atoms with van der Waals surface area (Å²) in [6.07, 6.45) is 2.11. The third-order valence-electron chi connectivity index (χ3n) is 3.84. The van der Waals surface area contributed by atoms with E-state index in [0.717, 1.165) is 42.3 Å². The van der Waals surface area contributed by atoms with E-state index in [0.29, 0.717) is 5.02 Å². The van der Waals surface area contributed by atoms with Crippen LogP contribution in [0.1, 0.15) is 26.1 Å². The maximum Gasteiger partial charge on any atom is 0.167 e. The number of nitrogens with zero attached hydrogens (tertiary/aromatic N) is 3. The molecule has 1 aromatic heterocycles. The van der Waals surface area contributed by atoms with Crippen LogP contribution in [0.5, 0.6) is 5.75 Å². The fourth-order valence-electron chi connectivity index (χ4n) is 2.69. The predicted octanol–water partition coefficient (Wildman–Crippen LogP) is 3.58. The average Bonchev–Trinajstić information content (AvgIpc) is 2.80. The van der Waals surface area contributed by atoms with Crippen LogP contribution in [0, 0.1) is 5.41 Å². The highest BCUT2D eigenvalue weighted by Gasteiger charge is 2.29. The van der Waals surface area contributed by atoms with Gasteiger partial charge >= 0.3 is 0 Å². The van der Waals surface area contributed by atoms with Crippen molar-refractivity contribution < 1.29 is 4.74 Å². The van der Waals surface area contributed by atoms with Crippen molar-refractivity contribution in [2.24, 2.45) is 5.41 Å². The molecule has 3 rings (SSSR count). The van der Waals surface area contributed by atoms with Gasteiger partial charge in [-0.3, -0.25) is 0 Å². The lowest BCUT2D eigenvalue weighted by molar-refractivity contribution is 0.248. The van der Waals surface area contributed by atoms with Gasteiger partial charge in [-0.05, 0) is 30.0 Å². The van der Waals surface area contributed by atoms with E-state index in [-0.39, 0.29) is 5.41 Å². The highest BCUT2D eigenvalue weighted by molar-refractivity contribution is 6.30. The number of rotatable bonds is 2. The van der Waals surface area contributed by atoms with Crippen LogP contribution in [0.3, 0.4) is 0 Å². The van der Waals surface area contributed by atoms with Crippen LogP contribution >= 0.6 is 11.6 Å². The van der Waals surface area contributed by atoms with Crippen LogP contribution < -0.4 is 4.74 Å². The SMILES string of the molecule is COc1cc(Cl)ccc1-c1nnc2n1CC(C)(C)CC2. The minimum Gasteiger partial charge on any atom is -0.496 e. The van der Waals surface area contributed by atoms with Crippen LogP contribution in [-0.4, -0.2) is 21.9 Å². The topological polar surface area (TPSA) is 39.9 Å². The number of aromatic nitrogens is 3. The van der Waals surface area contributed by atoms with Gasteiger partial charge in [0.25, 0.3) is 0 Å². The van der Waals surface area contributed by atoms with Crippen molar-refractivity contribution in [1.82, 2.24) is 14.8 Å². The first-order valence-electron chi connectivity index (χ1n) is 6.76. The lowest BCUT2D eigenvalue weighted by Gasteiger charge is -2.30. The zero-order valence-electron chi connectivity index (χ0n) is 12.0. The molecule has 20 heavy (non-hydrogen) atoms. The fourth-order valence-corrected chi connectivity index (χ4v) is 2.85. The third-order valence-corrected chi connectivity index (χ3v) is 4.08. The first kappa shape index (κ1) is 13.4. The quantitative estimate of drug-likeness (QED) is 0.849. The van der Waals surface area contributed by atoms with Crippen molar-refractivity contribution in [2.75, 3.05) is 7.11 Å². The Morgan fingerprint density at radius 3 is 2.85 bits per heavy atom. The molecule has 0 saturated heterocycles. The van der Waals surface area contributed by atoms with Gasteiger partial charge in [0.15, 0.2) is 5.82 Å². The van der Waals surface area contributed by atoms with Gasteiger partial charge in [-0.2, -0.15) is 0 Å². The summed E-state index contributed by atoms with van der Waals surface area (Å²) >= 11 is 6.02. The average molecular weight is 292 g/mol. The third kappa shape index (κ3) is 2.29. The Hall–Kier alpha value is -1.55. The van der Waals surface area contributed by atoms with E-state index in [2.05, 4.69) is 28.6 Å². The summed E-state index contributed by atoms with van der Waals surface area (Å²) in [4.78, 5) is 0. The highest BCUT2D eigenvalue weighted by Crippen LogP contribution is 2.36. The minimum atomic E-state index is 0.268. The summed E-state index contributed by atoms with van der Waals surface area (Å²) in [6.45, 7) is 5.48. The number of hydrogen-bond donors (Lipinski definition) is 0. The molecule has 2 aromatic rings. The van der Waals surface area contributed by atoms with Gasteiger partial charge in [-0.1, -0.05) is 25.4 Å². The summed E-state index contributed by atoms with van der Waals surface area (Å²) in [6, 6.07) is 5.61. The standard InChI is InChI=1S/C15H18ClN3O/c1-15(2)7-6-13-17-18-14(19(13)9-15)11-5-4-10(16)8-12(11)20-3/h4-5,8H,6-7,9H2,1-3H3. The first-order chi connectivity index (χ1) is 9.50. The maximum atomic E-state index is 6.02. The molecule has 0 fully saturated rings. The Kier molecular flexibility index (Phi) is 3.21. The molecule has 1 aliphatic rings. The number of fused-ring (bicyclic) bond motifs is 1. The Labute approximate surface area is 123 Å². The summed E-state index contributed by atoms with van der Waals surface area (Å²) < 4.78 is 7.63. The Bertz CT molecular complexity index is 649. The second kappa shape index (κ2) is 4.77. The van der Waals surface area contributed by atoms with Crippen molar-refractivity contribution in [3.8, 4) is 17.1 Å². The Morgan fingerprint density at radius 1 is 1.30 bits per heavy atom. The van der Waals surface area contributed by atoms with Crippen molar-refractivity contribution in [2.45, 2.75) is 33.2 Å². The number of halogens is 1. The van der Waals surface area contributed by atoms with Gasteiger partial charge in [-0.25, -0.2) is 0 Å². The van der Waals surface area contributed by atoms with Crippen molar-refractivity contribution in [3.63, 3.8) is 0 Å². The van der Waals surface area contributed by atoms with Gasteiger partial charge in [0.2, 0.25) is 0 Å². The van der Waals surface area contributed by atoms with Gasteiger partial charge in [0.05, 0.1) is 12.7 Å². The minimum absolute atomic E-state index is 0.268. The number of aryl methyl sites for hydroxylation is 1. The number of methoxy groups -OCH3 is 1. The van der Waals surface area contributed by atoms with Gasteiger partial charge in [0, 0.05) is 18.0 Å². The van der Waals surface area contributed by atoms with E-state index in [1.807, 2.05) is 18.2 Å². The van der Waals surface area contributed by atoms with E-state index in [1.54, 1.807) is 7.11 Å². The molecule has 1 aromatic carbocycles. The first-order valence-corrected chi connectivity index (χ1v) is 7.14. The summed E-state index contributed by atoms with van der Waals surface area (Å²) in [5.41, 5.74) is 1.21. The molecule has 0 aliphatic carbocycles. The molecule has 1 aliphatic heterocycles. The van der Waals surface area contributed by atoms with Gasteiger partial charge < -0.3 is 9.30 Å². The van der Waals surface area contributed by atoms with Crippen molar-refractivity contribution >= 4 is 11.6 Å². The maximum absolute atomic E-state index is 6.02. The molecule has 0 bridgehead atoms. The van der Waals surface area contributed by atoms with Crippen LogP contribution in [-0.2, 0) is 13.0 Å². The van der Waals surface area contributed by atoms with E-state index in [1.165, 1.54) is 0 Å². The molecule has 106 valence electrons.